The van der Waals surface area contributed by atoms with Gasteiger partial charge in [-0.25, -0.2) is 4.79 Å². The van der Waals surface area contributed by atoms with Gasteiger partial charge in [-0.3, -0.25) is 0 Å². The zero-order valence-electron chi connectivity index (χ0n) is 14.4. The second kappa shape index (κ2) is 8.26. The van der Waals surface area contributed by atoms with Gasteiger partial charge in [-0.1, -0.05) is 30.7 Å². The molecule has 1 aliphatic heterocycles. The van der Waals surface area contributed by atoms with Crippen molar-refractivity contribution in [3.05, 3.63) is 59.1 Å². The number of hydrogen-bond acceptors (Lipinski definition) is 2. The van der Waals surface area contributed by atoms with Crippen LogP contribution in [0.3, 0.4) is 0 Å². The van der Waals surface area contributed by atoms with Gasteiger partial charge < -0.3 is 15.0 Å². The van der Waals surface area contributed by atoms with Crippen molar-refractivity contribution in [2.75, 3.05) is 18.4 Å². The fourth-order valence-corrected chi connectivity index (χ4v) is 3.08. The first-order chi connectivity index (χ1) is 12.1. The van der Waals surface area contributed by atoms with Crippen LogP contribution < -0.4 is 10.1 Å². The Morgan fingerprint density at radius 3 is 2.60 bits per heavy atom. The predicted molar refractivity (Wildman–Crippen MR) is 101 cm³/mol. The molecule has 0 aliphatic carbocycles. The number of halogens is 1. The Morgan fingerprint density at radius 1 is 1.20 bits per heavy atom. The van der Waals surface area contributed by atoms with Crippen LogP contribution in [0.1, 0.15) is 25.3 Å². The number of rotatable bonds is 4. The zero-order valence-corrected chi connectivity index (χ0v) is 15.1. The van der Waals surface area contributed by atoms with Crippen LogP contribution in [0, 0.1) is 5.92 Å². The van der Waals surface area contributed by atoms with Crippen LogP contribution >= 0.6 is 11.6 Å². The highest BCUT2D eigenvalue weighted by atomic mass is 35.5. The summed E-state index contributed by atoms with van der Waals surface area (Å²) in [6.07, 6.45) is 2.27. The summed E-state index contributed by atoms with van der Waals surface area (Å²) < 4.78 is 5.76. The summed E-state index contributed by atoms with van der Waals surface area (Å²) in [6, 6.07) is 15.0. The first kappa shape index (κ1) is 17.6. The second-order valence-electron chi connectivity index (χ2n) is 6.56. The van der Waals surface area contributed by atoms with Crippen molar-refractivity contribution in [1.29, 1.82) is 0 Å². The fraction of sp³-hybridized carbons (Fsp3) is 0.350. The summed E-state index contributed by atoms with van der Waals surface area (Å²) in [7, 11) is 0. The minimum Gasteiger partial charge on any atom is -0.489 e. The Morgan fingerprint density at radius 2 is 1.92 bits per heavy atom. The van der Waals surface area contributed by atoms with Crippen molar-refractivity contribution < 1.29 is 9.53 Å². The Labute approximate surface area is 153 Å². The standard InChI is InChI=1S/C20H23ClN2O2/c1-15-3-2-12-23(13-15)20(24)22-18-8-10-19(11-9-18)25-14-16-4-6-17(21)7-5-16/h4-11,15H,2-3,12-14H2,1H3,(H,22,24). The van der Waals surface area contributed by atoms with Crippen LogP contribution in [0.4, 0.5) is 10.5 Å². The van der Waals surface area contributed by atoms with E-state index in [9.17, 15) is 4.79 Å². The van der Waals surface area contributed by atoms with E-state index < -0.39 is 0 Å². The van der Waals surface area contributed by atoms with Crippen molar-refractivity contribution in [1.82, 2.24) is 4.90 Å². The van der Waals surface area contributed by atoms with Crippen molar-refractivity contribution in [2.24, 2.45) is 5.92 Å². The summed E-state index contributed by atoms with van der Waals surface area (Å²) in [6.45, 7) is 4.33. The normalized spacial score (nSPS) is 17.2. The van der Waals surface area contributed by atoms with Gasteiger partial charge >= 0.3 is 6.03 Å². The molecule has 1 atom stereocenters. The maximum absolute atomic E-state index is 12.3. The van der Waals surface area contributed by atoms with E-state index in [-0.39, 0.29) is 6.03 Å². The number of amides is 2. The Hall–Kier alpha value is -2.20. The number of anilines is 1. The molecule has 1 unspecified atom stereocenters. The molecule has 4 nitrogen and oxygen atoms in total. The van der Waals surface area contributed by atoms with E-state index in [0.717, 1.165) is 36.5 Å². The minimum atomic E-state index is -0.0265. The van der Waals surface area contributed by atoms with Gasteiger partial charge in [0.1, 0.15) is 12.4 Å². The van der Waals surface area contributed by atoms with Gasteiger partial charge in [0.2, 0.25) is 0 Å². The number of urea groups is 1. The van der Waals surface area contributed by atoms with Crippen LogP contribution in [0.5, 0.6) is 5.75 Å². The first-order valence-corrected chi connectivity index (χ1v) is 9.01. The van der Waals surface area contributed by atoms with Crippen LogP contribution in [0.15, 0.2) is 48.5 Å². The third-order valence-electron chi connectivity index (χ3n) is 4.37. The average molecular weight is 359 g/mol. The lowest BCUT2D eigenvalue weighted by atomic mass is 10.0. The smallest absolute Gasteiger partial charge is 0.321 e. The molecule has 1 aliphatic rings. The maximum Gasteiger partial charge on any atom is 0.321 e. The van der Waals surface area contributed by atoms with Crippen LogP contribution in [0.25, 0.3) is 0 Å². The molecule has 1 saturated heterocycles. The number of ether oxygens (including phenoxy) is 1. The van der Waals surface area contributed by atoms with Crippen molar-refractivity contribution >= 4 is 23.3 Å². The number of nitrogens with zero attached hydrogens (tertiary/aromatic N) is 1. The lowest BCUT2D eigenvalue weighted by molar-refractivity contribution is 0.182. The van der Waals surface area contributed by atoms with E-state index in [1.165, 1.54) is 6.42 Å². The third kappa shape index (κ3) is 5.13. The number of carbonyl (C=O) groups is 1. The molecule has 0 aromatic heterocycles. The van der Waals surface area contributed by atoms with Gasteiger partial charge in [-0.2, -0.15) is 0 Å². The topological polar surface area (TPSA) is 41.6 Å². The molecular formula is C20H23ClN2O2. The van der Waals surface area contributed by atoms with Gasteiger partial charge in [0.05, 0.1) is 0 Å². The average Bonchev–Trinajstić information content (AvgIpc) is 2.62. The quantitative estimate of drug-likeness (QED) is 0.817. The SMILES string of the molecule is CC1CCCN(C(=O)Nc2ccc(OCc3ccc(Cl)cc3)cc2)C1. The molecule has 3 rings (SSSR count). The lowest BCUT2D eigenvalue weighted by Gasteiger charge is -2.30. The Kier molecular flexibility index (Phi) is 5.82. The van der Waals surface area contributed by atoms with Crippen molar-refractivity contribution in [2.45, 2.75) is 26.4 Å². The number of carbonyl (C=O) groups excluding carboxylic acids is 1. The summed E-state index contributed by atoms with van der Waals surface area (Å²) in [5.41, 5.74) is 1.84. The largest absolute Gasteiger partial charge is 0.489 e. The summed E-state index contributed by atoms with van der Waals surface area (Å²) >= 11 is 5.87. The minimum absolute atomic E-state index is 0.0265. The van der Waals surface area contributed by atoms with Crippen molar-refractivity contribution in [3.8, 4) is 5.75 Å². The Balaban J connectivity index is 1.51. The van der Waals surface area contributed by atoms with E-state index in [4.69, 9.17) is 16.3 Å². The molecule has 1 fully saturated rings. The van der Waals surface area contributed by atoms with E-state index in [0.29, 0.717) is 17.5 Å². The molecule has 0 bridgehead atoms. The summed E-state index contributed by atoms with van der Waals surface area (Å²) in [5.74, 6) is 1.34. The summed E-state index contributed by atoms with van der Waals surface area (Å²) in [5, 5.41) is 3.67. The van der Waals surface area contributed by atoms with E-state index in [1.807, 2.05) is 53.4 Å². The highest BCUT2D eigenvalue weighted by molar-refractivity contribution is 6.30. The number of hydrogen-bond donors (Lipinski definition) is 1. The first-order valence-electron chi connectivity index (χ1n) is 8.63. The van der Waals surface area contributed by atoms with Crippen LogP contribution in [0.2, 0.25) is 5.02 Å². The molecule has 5 heteroatoms. The zero-order chi connectivity index (χ0) is 17.6. The molecule has 2 amide bonds. The molecule has 132 valence electrons. The van der Waals surface area contributed by atoms with Gasteiger partial charge in [-0.15, -0.1) is 0 Å². The van der Waals surface area contributed by atoms with Crippen molar-refractivity contribution in [3.63, 3.8) is 0 Å². The highest BCUT2D eigenvalue weighted by Crippen LogP contribution is 2.20. The molecule has 0 saturated carbocycles. The molecule has 2 aromatic rings. The van der Waals surface area contributed by atoms with Crippen LogP contribution in [-0.2, 0) is 6.61 Å². The molecule has 1 heterocycles. The van der Waals surface area contributed by atoms with E-state index >= 15 is 0 Å². The van der Waals surface area contributed by atoms with Gasteiger partial charge in [-0.05, 0) is 60.7 Å². The molecule has 25 heavy (non-hydrogen) atoms. The fourth-order valence-electron chi connectivity index (χ4n) is 2.96. The molecule has 1 N–H and O–H groups in total. The monoisotopic (exact) mass is 358 g/mol. The second-order valence-corrected chi connectivity index (χ2v) is 7.00. The summed E-state index contributed by atoms with van der Waals surface area (Å²) in [4.78, 5) is 14.2. The third-order valence-corrected chi connectivity index (χ3v) is 4.62. The number of benzene rings is 2. The lowest BCUT2D eigenvalue weighted by Crippen LogP contribution is -2.41. The molecule has 0 spiro atoms. The Bertz CT molecular complexity index is 701. The number of likely N-dealkylation sites (tertiary alicyclic amines) is 1. The maximum atomic E-state index is 12.3. The molecule has 2 aromatic carbocycles. The highest BCUT2D eigenvalue weighted by Gasteiger charge is 2.20. The molecular weight excluding hydrogens is 336 g/mol. The van der Waals surface area contributed by atoms with E-state index in [2.05, 4.69) is 12.2 Å². The van der Waals surface area contributed by atoms with Crippen LogP contribution in [-0.4, -0.2) is 24.0 Å². The van der Waals surface area contributed by atoms with E-state index in [1.54, 1.807) is 0 Å². The molecule has 0 radical (unpaired) electrons. The van der Waals surface area contributed by atoms with Gasteiger partial charge in [0, 0.05) is 23.8 Å². The number of piperidine rings is 1. The van der Waals surface area contributed by atoms with Gasteiger partial charge in [0.15, 0.2) is 0 Å². The van der Waals surface area contributed by atoms with Gasteiger partial charge in [0.25, 0.3) is 0 Å². The number of nitrogens with one attached hydrogen (secondary N) is 1. The predicted octanol–water partition coefficient (Wildman–Crippen LogP) is 5.18.